The van der Waals surface area contributed by atoms with Crippen molar-refractivity contribution in [3.63, 3.8) is 0 Å². The van der Waals surface area contributed by atoms with Crippen molar-refractivity contribution in [3.8, 4) is 11.8 Å². The number of rotatable bonds is 4. The average molecular weight is 273 g/mol. The summed E-state index contributed by atoms with van der Waals surface area (Å²) in [7, 11) is 0. The Labute approximate surface area is 113 Å². The van der Waals surface area contributed by atoms with Crippen LogP contribution in [0.25, 0.3) is 0 Å². The average Bonchev–Trinajstić information content (AvgIpc) is 2.78. The molecule has 0 fully saturated rings. The number of benzene rings is 1. The van der Waals surface area contributed by atoms with Crippen LogP contribution in [0.15, 0.2) is 61.1 Å². The fourth-order valence-electron chi connectivity index (χ4n) is 1.27. The lowest BCUT2D eigenvalue weighted by Crippen LogP contribution is -2.14. The van der Waals surface area contributed by atoms with Crippen molar-refractivity contribution < 1.29 is 13.9 Å². The zero-order valence-electron chi connectivity index (χ0n) is 10.4. The van der Waals surface area contributed by atoms with Crippen LogP contribution in [0.4, 0.5) is 0 Å². The molecule has 102 valence electrons. The molecule has 0 aliphatic rings. The fourth-order valence-corrected chi connectivity index (χ4v) is 1.27. The molecule has 6 nitrogen and oxygen atoms in total. The van der Waals surface area contributed by atoms with Crippen LogP contribution in [0.2, 0.25) is 0 Å². The Morgan fingerprint density at radius 2 is 1.80 bits per heavy atom. The van der Waals surface area contributed by atoms with Gasteiger partial charge in [-0.05, 0) is 18.2 Å². The van der Waals surface area contributed by atoms with E-state index in [2.05, 4.69) is 20.9 Å². The number of nitrogens with zero attached hydrogens (tertiary/aromatic N) is 1. The van der Waals surface area contributed by atoms with Crippen LogP contribution in [0.3, 0.4) is 0 Å². The maximum absolute atomic E-state index is 10.6. The summed E-state index contributed by atoms with van der Waals surface area (Å²) in [6.07, 6.45) is 4.01. The third-order valence-corrected chi connectivity index (χ3v) is 2.15. The highest BCUT2D eigenvalue weighted by Crippen LogP contribution is 1.95. The minimum absolute atomic E-state index is 0.0909. The Kier molecular flexibility index (Phi) is 4.62. The van der Waals surface area contributed by atoms with Gasteiger partial charge in [-0.15, -0.1) is 0 Å². The summed E-state index contributed by atoms with van der Waals surface area (Å²) in [5.41, 5.74) is -1.27. The Bertz CT molecular complexity index is 712. The van der Waals surface area contributed by atoms with Gasteiger partial charge in [-0.1, -0.05) is 36.1 Å². The van der Waals surface area contributed by atoms with Gasteiger partial charge in [0.1, 0.15) is 11.7 Å². The molecule has 6 heteroatoms. The van der Waals surface area contributed by atoms with Crippen molar-refractivity contribution in [1.82, 2.24) is 5.08 Å². The predicted molar refractivity (Wildman–Crippen MR) is 70.0 cm³/mol. The summed E-state index contributed by atoms with van der Waals surface area (Å²) >= 11 is 0. The van der Waals surface area contributed by atoms with Crippen molar-refractivity contribution in [2.45, 2.75) is 6.42 Å². The van der Waals surface area contributed by atoms with E-state index >= 15 is 0 Å². The van der Waals surface area contributed by atoms with Gasteiger partial charge in [-0.2, -0.15) is 0 Å². The molecule has 0 amide bonds. The smallest absolute Gasteiger partial charge is 0.353 e. The molecule has 20 heavy (non-hydrogen) atoms. The van der Waals surface area contributed by atoms with Crippen LogP contribution in [-0.2, 0) is 0 Å². The molecule has 0 N–H and O–H groups in total. The maximum Gasteiger partial charge on any atom is 0.449 e. The SMILES string of the molecule is O=c1on(OCC=CCC#Cc2ccccc2)oc1=O. The highest BCUT2D eigenvalue weighted by molar-refractivity contribution is 5.33. The summed E-state index contributed by atoms with van der Waals surface area (Å²) in [6.45, 7) is 0.0909. The second kappa shape index (κ2) is 6.85. The van der Waals surface area contributed by atoms with Gasteiger partial charge in [0.25, 0.3) is 0 Å². The first kappa shape index (κ1) is 13.5. The van der Waals surface area contributed by atoms with E-state index in [4.69, 9.17) is 4.84 Å². The molecule has 2 rings (SSSR count). The maximum atomic E-state index is 10.6. The van der Waals surface area contributed by atoms with Gasteiger partial charge in [0.15, 0.2) is 0 Å². The second-order valence-corrected chi connectivity index (χ2v) is 3.62. The lowest BCUT2D eigenvalue weighted by atomic mass is 10.2. The van der Waals surface area contributed by atoms with E-state index in [0.29, 0.717) is 11.5 Å². The monoisotopic (exact) mass is 273 g/mol. The minimum Gasteiger partial charge on any atom is -0.353 e. The van der Waals surface area contributed by atoms with Gasteiger partial charge in [-0.25, -0.2) is 9.59 Å². The molecular formula is C14H11NO5. The molecule has 0 unspecified atom stereocenters. The Morgan fingerprint density at radius 3 is 2.50 bits per heavy atom. The number of allylic oxidation sites excluding steroid dienone is 1. The number of hydrogen-bond acceptors (Lipinski definition) is 5. The lowest BCUT2D eigenvalue weighted by Gasteiger charge is -1.94. The summed E-state index contributed by atoms with van der Waals surface area (Å²) in [6, 6.07) is 9.63. The molecule has 0 bridgehead atoms. The highest BCUT2D eigenvalue weighted by atomic mass is 17.0. The minimum atomic E-state index is -1.11. The van der Waals surface area contributed by atoms with Gasteiger partial charge in [-0.3, -0.25) is 9.05 Å². The lowest BCUT2D eigenvalue weighted by molar-refractivity contribution is -0.137. The molecule has 0 radical (unpaired) electrons. The molecule has 0 aliphatic heterocycles. The molecule has 0 atom stereocenters. The molecule has 1 aromatic carbocycles. The summed E-state index contributed by atoms with van der Waals surface area (Å²) in [4.78, 5) is 26.1. The first-order chi connectivity index (χ1) is 9.75. The van der Waals surface area contributed by atoms with E-state index in [0.717, 1.165) is 5.56 Å². The first-order valence-corrected chi connectivity index (χ1v) is 5.82. The van der Waals surface area contributed by atoms with Crippen LogP contribution in [0, 0.1) is 11.8 Å². The van der Waals surface area contributed by atoms with Crippen LogP contribution in [0.5, 0.6) is 0 Å². The van der Waals surface area contributed by atoms with Crippen molar-refractivity contribution in [2.75, 3.05) is 6.61 Å². The first-order valence-electron chi connectivity index (χ1n) is 5.82. The van der Waals surface area contributed by atoms with Gasteiger partial charge in [0.2, 0.25) is 0 Å². The van der Waals surface area contributed by atoms with E-state index in [1.807, 2.05) is 30.3 Å². The largest absolute Gasteiger partial charge is 0.449 e. The zero-order valence-corrected chi connectivity index (χ0v) is 10.4. The third kappa shape index (κ3) is 4.07. The molecule has 0 aliphatic carbocycles. The van der Waals surface area contributed by atoms with Crippen LogP contribution in [-0.4, -0.2) is 11.7 Å². The van der Waals surface area contributed by atoms with E-state index < -0.39 is 11.3 Å². The predicted octanol–water partition coefficient (Wildman–Crippen LogP) is 0.821. The van der Waals surface area contributed by atoms with E-state index in [-0.39, 0.29) is 6.61 Å². The van der Waals surface area contributed by atoms with Crippen LogP contribution < -0.4 is 16.1 Å². The summed E-state index contributed by atoms with van der Waals surface area (Å²) in [5.74, 6) is 5.96. The van der Waals surface area contributed by atoms with E-state index in [9.17, 15) is 9.59 Å². The molecule has 0 spiro atoms. The Morgan fingerprint density at radius 1 is 1.10 bits per heavy atom. The molecule has 1 aromatic heterocycles. The van der Waals surface area contributed by atoms with Gasteiger partial charge >= 0.3 is 11.3 Å². The van der Waals surface area contributed by atoms with E-state index in [1.165, 1.54) is 0 Å². The highest BCUT2D eigenvalue weighted by Gasteiger charge is 2.03. The molecular weight excluding hydrogens is 262 g/mol. The Hall–Kier alpha value is -2.94. The van der Waals surface area contributed by atoms with Gasteiger partial charge < -0.3 is 4.84 Å². The van der Waals surface area contributed by atoms with Crippen molar-refractivity contribution in [2.24, 2.45) is 0 Å². The van der Waals surface area contributed by atoms with Crippen LogP contribution in [0.1, 0.15) is 12.0 Å². The number of aromatic nitrogens is 1. The normalized spacial score (nSPS) is 10.2. The molecule has 1 heterocycles. The van der Waals surface area contributed by atoms with E-state index in [1.54, 1.807) is 12.2 Å². The van der Waals surface area contributed by atoms with Gasteiger partial charge in [0.05, 0.1) is 0 Å². The topological polar surface area (TPSA) is 74.6 Å². The fraction of sp³-hybridized carbons (Fsp3) is 0.143. The summed E-state index contributed by atoms with van der Waals surface area (Å²) < 4.78 is 8.60. The molecule has 2 aromatic rings. The second-order valence-electron chi connectivity index (χ2n) is 3.62. The molecule has 0 saturated heterocycles. The quantitative estimate of drug-likeness (QED) is 0.468. The van der Waals surface area contributed by atoms with Crippen molar-refractivity contribution >= 4 is 0 Å². The summed E-state index contributed by atoms with van der Waals surface area (Å²) in [5, 5.41) is 0.380. The Balaban J connectivity index is 1.74. The standard InChI is InChI=1S/C14H11NO5/c16-13-14(17)20-15(19-13)18-11-7-2-1-4-8-12-9-5-3-6-10-12/h2-3,5-7,9-10H,1,11H2. The van der Waals surface area contributed by atoms with Crippen molar-refractivity contribution in [1.29, 1.82) is 0 Å². The van der Waals surface area contributed by atoms with Crippen molar-refractivity contribution in [3.05, 3.63) is 68.9 Å². The third-order valence-electron chi connectivity index (χ3n) is 2.15. The van der Waals surface area contributed by atoms with Gasteiger partial charge in [0, 0.05) is 12.0 Å². The van der Waals surface area contributed by atoms with Crippen LogP contribution >= 0.6 is 0 Å². The molecule has 0 saturated carbocycles. The number of hydrogen-bond donors (Lipinski definition) is 0. The zero-order chi connectivity index (χ0) is 14.2.